The lowest BCUT2D eigenvalue weighted by atomic mass is 9.87. The van der Waals surface area contributed by atoms with Crippen molar-refractivity contribution in [2.45, 2.75) is 43.1 Å². The molecule has 2 fully saturated rings. The third kappa shape index (κ3) is 3.80. The van der Waals surface area contributed by atoms with Crippen molar-refractivity contribution in [1.29, 1.82) is 0 Å². The number of carbonyl (C=O) groups is 2. The summed E-state index contributed by atoms with van der Waals surface area (Å²) < 4.78 is 22.1. The Morgan fingerprint density at radius 2 is 1.50 bits per heavy atom. The molecule has 32 heavy (non-hydrogen) atoms. The van der Waals surface area contributed by atoms with E-state index in [2.05, 4.69) is 17.4 Å². The fraction of sp³-hybridized carbons (Fsp3) is 0.417. The van der Waals surface area contributed by atoms with E-state index in [-0.39, 0.29) is 25.4 Å². The Morgan fingerprint density at radius 3 is 2.06 bits per heavy atom. The van der Waals surface area contributed by atoms with Crippen LogP contribution in [-0.2, 0) is 18.9 Å². The molecular weight excluding hydrogens is 414 g/mol. The van der Waals surface area contributed by atoms with Gasteiger partial charge < -0.3 is 24.1 Å². The molecule has 1 spiro atoms. The summed E-state index contributed by atoms with van der Waals surface area (Å²) in [6, 6.07) is 16.1. The standard InChI is InChI=1S/C24H25NO7/c26-21(25-23(32-22(27)28)9-11-24(12-10-23)30-13-14-31-24)29-15-20-18-7-3-1-5-16(18)17-6-2-4-8-19(17)20/h1-8,20H,9-15H2,(H,25,26)(H,27,28). The predicted molar refractivity (Wildman–Crippen MR) is 113 cm³/mol. The molecular formula is C24H25NO7. The first-order valence-corrected chi connectivity index (χ1v) is 10.8. The zero-order valence-corrected chi connectivity index (χ0v) is 17.5. The molecule has 2 aliphatic carbocycles. The van der Waals surface area contributed by atoms with Gasteiger partial charge in [0.2, 0.25) is 0 Å². The summed E-state index contributed by atoms with van der Waals surface area (Å²) >= 11 is 0. The van der Waals surface area contributed by atoms with Crippen molar-refractivity contribution in [3.63, 3.8) is 0 Å². The number of nitrogens with one attached hydrogen (secondary N) is 1. The first-order valence-electron chi connectivity index (χ1n) is 10.8. The van der Waals surface area contributed by atoms with Crippen molar-refractivity contribution in [2.24, 2.45) is 0 Å². The molecule has 1 aliphatic heterocycles. The minimum Gasteiger partial charge on any atom is -0.450 e. The third-order valence-electron chi connectivity index (χ3n) is 6.59. The Balaban J connectivity index is 1.27. The van der Waals surface area contributed by atoms with Crippen molar-refractivity contribution in [1.82, 2.24) is 5.32 Å². The lowest BCUT2D eigenvalue weighted by Gasteiger charge is -2.42. The molecule has 2 N–H and O–H groups in total. The van der Waals surface area contributed by atoms with E-state index in [0.29, 0.717) is 26.1 Å². The van der Waals surface area contributed by atoms with Gasteiger partial charge >= 0.3 is 12.2 Å². The predicted octanol–water partition coefficient (Wildman–Crippen LogP) is 4.23. The number of benzene rings is 2. The second-order valence-corrected chi connectivity index (χ2v) is 8.42. The van der Waals surface area contributed by atoms with E-state index in [1.165, 1.54) is 0 Å². The molecule has 168 valence electrons. The van der Waals surface area contributed by atoms with Crippen LogP contribution in [0.2, 0.25) is 0 Å². The number of rotatable bonds is 4. The van der Waals surface area contributed by atoms with Crippen molar-refractivity contribution >= 4 is 12.2 Å². The molecule has 8 nitrogen and oxygen atoms in total. The number of carbonyl (C=O) groups excluding carboxylic acids is 1. The largest absolute Gasteiger partial charge is 0.507 e. The van der Waals surface area contributed by atoms with Crippen molar-refractivity contribution in [3.8, 4) is 11.1 Å². The van der Waals surface area contributed by atoms with Crippen LogP contribution in [0.15, 0.2) is 48.5 Å². The van der Waals surface area contributed by atoms with Gasteiger partial charge in [0.05, 0.1) is 13.2 Å². The molecule has 1 heterocycles. The lowest BCUT2D eigenvalue weighted by molar-refractivity contribution is -0.207. The van der Waals surface area contributed by atoms with Crippen LogP contribution >= 0.6 is 0 Å². The monoisotopic (exact) mass is 439 g/mol. The van der Waals surface area contributed by atoms with Crippen LogP contribution < -0.4 is 5.32 Å². The summed E-state index contributed by atoms with van der Waals surface area (Å²) in [6.07, 6.45) is -0.841. The van der Waals surface area contributed by atoms with Crippen LogP contribution in [0.3, 0.4) is 0 Å². The summed E-state index contributed by atoms with van der Waals surface area (Å²) in [5.74, 6) is -0.798. The zero-order valence-electron chi connectivity index (χ0n) is 17.5. The molecule has 1 amide bonds. The van der Waals surface area contributed by atoms with E-state index in [4.69, 9.17) is 18.9 Å². The number of carboxylic acid groups (broad SMARTS) is 1. The Labute approximate surface area is 185 Å². The topological polar surface area (TPSA) is 103 Å². The smallest absolute Gasteiger partial charge is 0.450 e. The van der Waals surface area contributed by atoms with Crippen LogP contribution in [0.4, 0.5) is 9.59 Å². The molecule has 0 unspecified atom stereocenters. The lowest BCUT2D eigenvalue weighted by Crippen LogP contribution is -2.56. The van der Waals surface area contributed by atoms with Gasteiger partial charge in [-0.15, -0.1) is 0 Å². The van der Waals surface area contributed by atoms with Gasteiger partial charge in [-0.2, -0.15) is 0 Å². The molecule has 2 aromatic rings. The van der Waals surface area contributed by atoms with Gasteiger partial charge in [-0.25, -0.2) is 9.59 Å². The van der Waals surface area contributed by atoms with Gasteiger partial charge in [0.25, 0.3) is 0 Å². The van der Waals surface area contributed by atoms with Gasteiger partial charge in [0, 0.05) is 31.6 Å². The minimum absolute atomic E-state index is 0.0839. The molecule has 1 saturated carbocycles. The highest BCUT2D eigenvalue weighted by atomic mass is 16.7. The van der Waals surface area contributed by atoms with Crippen LogP contribution in [0.25, 0.3) is 11.1 Å². The number of amides is 1. The average Bonchev–Trinajstić information content (AvgIpc) is 3.37. The highest BCUT2D eigenvalue weighted by Crippen LogP contribution is 2.45. The molecule has 8 heteroatoms. The van der Waals surface area contributed by atoms with E-state index in [9.17, 15) is 14.7 Å². The number of fused-ring (bicyclic) bond motifs is 3. The minimum atomic E-state index is -1.45. The fourth-order valence-electron chi connectivity index (χ4n) is 5.06. The Bertz CT molecular complexity index is 975. The first kappa shape index (κ1) is 20.8. The third-order valence-corrected chi connectivity index (χ3v) is 6.59. The summed E-state index contributed by atoms with van der Waals surface area (Å²) in [5.41, 5.74) is 3.12. The van der Waals surface area contributed by atoms with Gasteiger partial charge in [-0.1, -0.05) is 48.5 Å². The van der Waals surface area contributed by atoms with Crippen molar-refractivity contribution in [2.75, 3.05) is 19.8 Å². The van der Waals surface area contributed by atoms with Crippen LogP contribution in [0.5, 0.6) is 0 Å². The Kier molecular flexibility index (Phi) is 5.27. The Hall–Kier alpha value is -3.10. The van der Waals surface area contributed by atoms with E-state index < -0.39 is 23.8 Å². The summed E-state index contributed by atoms with van der Waals surface area (Å²) in [6.45, 7) is 1.15. The molecule has 0 bridgehead atoms. The van der Waals surface area contributed by atoms with Gasteiger partial charge in [-0.05, 0) is 22.3 Å². The normalized spacial score (nSPS) is 20.4. The molecule has 3 aliphatic rings. The van der Waals surface area contributed by atoms with Gasteiger partial charge in [-0.3, -0.25) is 5.32 Å². The van der Waals surface area contributed by atoms with Gasteiger partial charge in [0.1, 0.15) is 6.61 Å². The maximum absolute atomic E-state index is 12.7. The van der Waals surface area contributed by atoms with Crippen LogP contribution in [0, 0.1) is 0 Å². The maximum Gasteiger partial charge on any atom is 0.507 e. The quantitative estimate of drug-likeness (QED) is 0.543. The Morgan fingerprint density at radius 1 is 0.938 bits per heavy atom. The average molecular weight is 439 g/mol. The van der Waals surface area contributed by atoms with E-state index in [1.54, 1.807) is 0 Å². The number of hydrogen-bond donors (Lipinski definition) is 2. The summed E-state index contributed by atoms with van der Waals surface area (Å²) in [4.78, 5) is 24.1. The number of alkyl carbamates (subject to hydrolysis) is 1. The zero-order chi connectivity index (χ0) is 22.2. The van der Waals surface area contributed by atoms with E-state index in [0.717, 1.165) is 22.3 Å². The summed E-state index contributed by atoms with van der Waals surface area (Å²) in [5, 5.41) is 11.9. The van der Waals surface area contributed by atoms with E-state index >= 15 is 0 Å². The fourth-order valence-corrected chi connectivity index (χ4v) is 5.06. The molecule has 0 aromatic heterocycles. The van der Waals surface area contributed by atoms with Gasteiger partial charge in [0.15, 0.2) is 11.5 Å². The SMILES string of the molecule is O=C(O)OC1(NC(=O)OCC2c3ccccc3-c3ccccc32)CCC2(CC1)OCCO2. The number of hydrogen-bond acceptors (Lipinski definition) is 6. The highest BCUT2D eigenvalue weighted by molar-refractivity contribution is 5.79. The first-order chi connectivity index (χ1) is 15.5. The van der Waals surface area contributed by atoms with Crippen molar-refractivity contribution < 1.29 is 33.6 Å². The van der Waals surface area contributed by atoms with Crippen LogP contribution in [-0.4, -0.2) is 48.7 Å². The molecule has 0 atom stereocenters. The summed E-state index contributed by atoms with van der Waals surface area (Å²) in [7, 11) is 0. The van der Waals surface area contributed by atoms with Crippen LogP contribution in [0.1, 0.15) is 42.7 Å². The maximum atomic E-state index is 12.7. The number of ether oxygens (including phenoxy) is 4. The molecule has 1 saturated heterocycles. The highest BCUT2D eigenvalue weighted by Gasteiger charge is 2.49. The van der Waals surface area contributed by atoms with Crippen molar-refractivity contribution in [3.05, 3.63) is 59.7 Å². The molecule has 0 radical (unpaired) electrons. The second-order valence-electron chi connectivity index (χ2n) is 8.42. The van der Waals surface area contributed by atoms with E-state index in [1.807, 2.05) is 36.4 Å². The molecule has 5 rings (SSSR count). The molecule has 2 aromatic carbocycles. The second kappa shape index (κ2) is 8.11.